The standard InChI is InChI=1S/C18H16Cl2N4O2S/c19-12-5-6-14(20)15(8-12)21-16(25)10-27-18-23-22-17(11-3-4-11)24(18)9-13-2-1-7-26-13/h1-2,5-8,11H,3-4,9-10H2,(H,21,25). The number of benzene rings is 1. The van der Waals surface area contributed by atoms with Gasteiger partial charge >= 0.3 is 0 Å². The first-order valence-corrected chi connectivity index (χ1v) is 10.2. The Morgan fingerprint density at radius 2 is 2.15 bits per heavy atom. The normalized spacial score (nSPS) is 13.7. The third-order valence-electron chi connectivity index (χ3n) is 4.12. The third kappa shape index (κ3) is 4.48. The van der Waals surface area contributed by atoms with Crippen LogP contribution in [0.2, 0.25) is 10.0 Å². The van der Waals surface area contributed by atoms with E-state index < -0.39 is 0 Å². The van der Waals surface area contributed by atoms with Crippen molar-refractivity contribution in [3.63, 3.8) is 0 Å². The highest BCUT2D eigenvalue weighted by molar-refractivity contribution is 7.99. The summed E-state index contributed by atoms with van der Waals surface area (Å²) in [6, 6.07) is 8.71. The fraction of sp³-hybridized carbons (Fsp3) is 0.278. The SMILES string of the molecule is O=C(CSc1nnc(C2CC2)n1Cc1ccco1)Nc1cc(Cl)ccc1Cl. The van der Waals surface area contributed by atoms with Crippen LogP contribution in [-0.2, 0) is 11.3 Å². The topological polar surface area (TPSA) is 73.0 Å². The van der Waals surface area contributed by atoms with Gasteiger partial charge in [0, 0.05) is 10.9 Å². The molecule has 1 aliphatic rings. The number of aromatic nitrogens is 3. The van der Waals surface area contributed by atoms with E-state index in [2.05, 4.69) is 15.5 Å². The average molecular weight is 423 g/mol. The molecule has 2 aromatic heterocycles. The van der Waals surface area contributed by atoms with E-state index in [4.69, 9.17) is 27.6 Å². The number of carbonyl (C=O) groups is 1. The first-order valence-electron chi connectivity index (χ1n) is 8.43. The molecule has 0 saturated heterocycles. The van der Waals surface area contributed by atoms with Crippen molar-refractivity contribution in [3.8, 4) is 0 Å². The number of hydrogen-bond acceptors (Lipinski definition) is 5. The summed E-state index contributed by atoms with van der Waals surface area (Å²) in [6.07, 6.45) is 3.88. The molecule has 1 saturated carbocycles. The van der Waals surface area contributed by atoms with Crippen LogP contribution in [0.1, 0.15) is 30.3 Å². The Morgan fingerprint density at radius 1 is 1.30 bits per heavy atom. The van der Waals surface area contributed by atoms with E-state index in [1.807, 2.05) is 16.7 Å². The van der Waals surface area contributed by atoms with Crippen LogP contribution in [0.25, 0.3) is 0 Å². The van der Waals surface area contributed by atoms with Crippen LogP contribution >= 0.6 is 35.0 Å². The molecule has 1 fully saturated rings. The minimum atomic E-state index is -0.190. The lowest BCUT2D eigenvalue weighted by Crippen LogP contribution is -2.15. The lowest BCUT2D eigenvalue weighted by Gasteiger charge is -2.09. The molecule has 0 bridgehead atoms. The van der Waals surface area contributed by atoms with Crippen LogP contribution in [0.15, 0.2) is 46.2 Å². The highest BCUT2D eigenvalue weighted by Gasteiger charge is 2.30. The van der Waals surface area contributed by atoms with Gasteiger partial charge in [-0.1, -0.05) is 35.0 Å². The molecule has 0 aliphatic heterocycles. The zero-order valence-electron chi connectivity index (χ0n) is 14.2. The van der Waals surface area contributed by atoms with Crippen molar-refractivity contribution >= 4 is 46.6 Å². The van der Waals surface area contributed by atoms with E-state index in [9.17, 15) is 4.79 Å². The van der Waals surface area contributed by atoms with Crippen molar-refractivity contribution in [2.75, 3.05) is 11.1 Å². The Labute approximate surface area is 170 Å². The molecule has 9 heteroatoms. The number of thioether (sulfide) groups is 1. The minimum Gasteiger partial charge on any atom is -0.467 e. The molecule has 1 aromatic carbocycles. The van der Waals surface area contributed by atoms with Crippen LogP contribution in [0.5, 0.6) is 0 Å². The molecule has 3 aromatic rings. The van der Waals surface area contributed by atoms with Crippen molar-refractivity contribution in [1.82, 2.24) is 14.8 Å². The van der Waals surface area contributed by atoms with Gasteiger partial charge in [-0.05, 0) is 43.2 Å². The molecule has 1 amide bonds. The Balaban J connectivity index is 1.44. The van der Waals surface area contributed by atoms with E-state index in [0.29, 0.717) is 33.4 Å². The van der Waals surface area contributed by atoms with Crippen LogP contribution < -0.4 is 5.32 Å². The molecular formula is C18H16Cl2N4O2S. The summed E-state index contributed by atoms with van der Waals surface area (Å²) < 4.78 is 7.48. The maximum Gasteiger partial charge on any atom is 0.234 e. The number of nitrogens with zero attached hydrogens (tertiary/aromatic N) is 3. The fourth-order valence-corrected chi connectivity index (χ4v) is 3.75. The van der Waals surface area contributed by atoms with Gasteiger partial charge in [0.15, 0.2) is 5.16 Å². The zero-order chi connectivity index (χ0) is 18.8. The summed E-state index contributed by atoms with van der Waals surface area (Å²) in [5.74, 6) is 2.22. The Bertz CT molecular complexity index is 954. The number of nitrogens with one attached hydrogen (secondary N) is 1. The summed E-state index contributed by atoms with van der Waals surface area (Å²) in [5.41, 5.74) is 0.491. The zero-order valence-corrected chi connectivity index (χ0v) is 16.5. The second-order valence-electron chi connectivity index (χ2n) is 6.24. The first kappa shape index (κ1) is 18.4. The molecule has 1 aliphatic carbocycles. The van der Waals surface area contributed by atoms with Gasteiger partial charge in [-0.15, -0.1) is 10.2 Å². The number of anilines is 1. The van der Waals surface area contributed by atoms with Crippen molar-refractivity contribution in [3.05, 3.63) is 58.2 Å². The van der Waals surface area contributed by atoms with Crippen molar-refractivity contribution in [2.45, 2.75) is 30.5 Å². The lowest BCUT2D eigenvalue weighted by molar-refractivity contribution is -0.113. The van der Waals surface area contributed by atoms with Gasteiger partial charge in [0.2, 0.25) is 5.91 Å². The van der Waals surface area contributed by atoms with Gasteiger partial charge < -0.3 is 9.73 Å². The van der Waals surface area contributed by atoms with E-state index in [0.717, 1.165) is 24.4 Å². The number of halogens is 2. The number of carbonyl (C=O) groups excluding carboxylic acids is 1. The molecule has 0 atom stereocenters. The predicted octanol–water partition coefficient (Wildman–Crippen LogP) is 4.83. The number of furan rings is 1. The molecular weight excluding hydrogens is 407 g/mol. The quantitative estimate of drug-likeness (QED) is 0.551. The molecule has 0 spiro atoms. The Kier molecular flexibility index (Phi) is 5.43. The summed E-state index contributed by atoms with van der Waals surface area (Å²) in [6.45, 7) is 0.551. The highest BCUT2D eigenvalue weighted by atomic mass is 35.5. The maximum atomic E-state index is 12.3. The van der Waals surface area contributed by atoms with E-state index in [1.165, 1.54) is 11.8 Å². The first-order chi connectivity index (χ1) is 13.1. The lowest BCUT2D eigenvalue weighted by atomic mass is 10.3. The third-order valence-corrected chi connectivity index (χ3v) is 5.65. The largest absolute Gasteiger partial charge is 0.467 e. The van der Waals surface area contributed by atoms with E-state index in [-0.39, 0.29) is 11.7 Å². The number of rotatable bonds is 7. The Hall–Kier alpha value is -1.96. The Morgan fingerprint density at radius 3 is 2.89 bits per heavy atom. The van der Waals surface area contributed by atoms with Gasteiger partial charge in [0.1, 0.15) is 11.6 Å². The summed E-state index contributed by atoms with van der Waals surface area (Å²) >= 11 is 13.4. The fourth-order valence-electron chi connectivity index (χ4n) is 2.67. The van der Waals surface area contributed by atoms with Gasteiger partial charge in [-0.25, -0.2) is 0 Å². The molecule has 0 radical (unpaired) electrons. The van der Waals surface area contributed by atoms with Gasteiger partial charge in [0.25, 0.3) is 0 Å². The van der Waals surface area contributed by atoms with Crippen LogP contribution in [0.4, 0.5) is 5.69 Å². The number of amides is 1. The summed E-state index contributed by atoms with van der Waals surface area (Å²) in [4.78, 5) is 12.3. The van der Waals surface area contributed by atoms with Crippen molar-refractivity contribution in [2.24, 2.45) is 0 Å². The second-order valence-corrected chi connectivity index (χ2v) is 8.03. The highest BCUT2D eigenvalue weighted by Crippen LogP contribution is 2.40. The molecule has 4 rings (SSSR count). The molecule has 1 N–H and O–H groups in total. The van der Waals surface area contributed by atoms with Gasteiger partial charge in [0.05, 0.1) is 29.3 Å². The molecule has 140 valence electrons. The van der Waals surface area contributed by atoms with Crippen LogP contribution in [0, 0.1) is 0 Å². The molecule has 2 heterocycles. The van der Waals surface area contributed by atoms with E-state index in [1.54, 1.807) is 24.5 Å². The number of hydrogen-bond donors (Lipinski definition) is 1. The second kappa shape index (κ2) is 7.96. The van der Waals surface area contributed by atoms with Crippen LogP contribution in [0.3, 0.4) is 0 Å². The van der Waals surface area contributed by atoms with Crippen LogP contribution in [-0.4, -0.2) is 26.4 Å². The van der Waals surface area contributed by atoms with Gasteiger partial charge in [-0.3, -0.25) is 9.36 Å². The van der Waals surface area contributed by atoms with Crippen molar-refractivity contribution in [1.29, 1.82) is 0 Å². The predicted molar refractivity (Wildman–Crippen MR) is 106 cm³/mol. The summed E-state index contributed by atoms with van der Waals surface area (Å²) in [5, 5.41) is 13.0. The van der Waals surface area contributed by atoms with E-state index >= 15 is 0 Å². The average Bonchev–Trinajstić information content (AvgIpc) is 3.21. The minimum absolute atomic E-state index is 0.184. The van der Waals surface area contributed by atoms with Gasteiger partial charge in [-0.2, -0.15) is 0 Å². The summed E-state index contributed by atoms with van der Waals surface area (Å²) in [7, 11) is 0. The smallest absolute Gasteiger partial charge is 0.234 e. The molecule has 27 heavy (non-hydrogen) atoms. The van der Waals surface area contributed by atoms with Crippen molar-refractivity contribution < 1.29 is 9.21 Å². The maximum absolute atomic E-state index is 12.3. The monoisotopic (exact) mass is 422 g/mol. The molecule has 6 nitrogen and oxygen atoms in total. The molecule has 0 unspecified atom stereocenters.